The third-order valence-corrected chi connectivity index (χ3v) is 4.71. The van der Waals surface area contributed by atoms with Gasteiger partial charge in [0, 0.05) is 20.7 Å². The van der Waals surface area contributed by atoms with Gasteiger partial charge in [-0.25, -0.2) is 0 Å². The Bertz CT molecular complexity index is 817. The molecule has 3 rings (SSSR count). The summed E-state index contributed by atoms with van der Waals surface area (Å²) in [4.78, 5) is 35.9. The normalized spacial score (nSPS) is 13.0. The van der Waals surface area contributed by atoms with Crippen LogP contribution in [0, 0.1) is 9.49 Å². The highest BCUT2D eigenvalue weighted by molar-refractivity contribution is 14.1. The standard InChI is InChI=1S/C18H16IN3O3/c19-15-4-2-1-3-14(15)18(25)22-21-17(24)12-7-9-13(10-8-12)20-16(23)11-5-6-11/h1-4,7-11H,5-6H2,(H,20,23)(H,21,24)(H,22,25). The molecule has 1 aliphatic rings. The quantitative estimate of drug-likeness (QED) is 0.496. The number of hydrazine groups is 1. The number of carbonyl (C=O) groups is 3. The van der Waals surface area contributed by atoms with E-state index in [9.17, 15) is 14.4 Å². The molecule has 7 heteroatoms. The topological polar surface area (TPSA) is 87.3 Å². The molecule has 1 saturated carbocycles. The monoisotopic (exact) mass is 449 g/mol. The minimum absolute atomic E-state index is 0.0157. The maximum Gasteiger partial charge on any atom is 0.270 e. The molecule has 3 N–H and O–H groups in total. The van der Waals surface area contributed by atoms with Crippen molar-refractivity contribution in [2.45, 2.75) is 12.8 Å². The van der Waals surface area contributed by atoms with Gasteiger partial charge in [-0.05, 0) is 71.8 Å². The van der Waals surface area contributed by atoms with Crippen LogP contribution in [0.3, 0.4) is 0 Å². The summed E-state index contributed by atoms with van der Waals surface area (Å²) < 4.78 is 0.794. The lowest BCUT2D eigenvalue weighted by atomic mass is 10.2. The van der Waals surface area contributed by atoms with Crippen LogP contribution in [-0.4, -0.2) is 17.7 Å². The van der Waals surface area contributed by atoms with E-state index in [0.717, 1.165) is 16.4 Å². The lowest BCUT2D eigenvalue weighted by Gasteiger charge is -2.09. The molecule has 0 spiro atoms. The van der Waals surface area contributed by atoms with Crippen LogP contribution in [0.5, 0.6) is 0 Å². The number of benzene rings is 2. The van der Waals surface area contributed by atoms with Gasteiger partial charge in [0.1, 0.15) is 0 Å². The molecule has 2 aromatic rings. The van der Waals surface area contributed by atoms with Gasteiger partial charge in [0.05, 0.1) is 5.56 Å². The number of anilines is 1. The van der Waals surface area contributed by atoms with E-state index < -0.39 is 5.91 Å². The average molecular weight is 449 g/mol. The number of hydrogen-bond acceptors (Lipinski definition) is 3. The first-order chi connectivity index (χ1) is 12.0. The van der Waals surface area contributed by atoms with Crippen molar-refractivity contribution in [3.8, 4) is 0 Å². The molecular formula is C18H16IN3O3. The Morgan fingerprint density at radius 2 is 1.52 bits per heavy atom. The molecule has 0 saturated heterocycles. The summed E-state index contributed by atoms with van der Waals surface area (Å²) in [6.45, 7) is 0. The van der Waals surface area contributed by atoms with Gasteiger partial charge in [0.15, 0.2) is 0 Å². The molecular weight excluding hydrogens is 433 g/mol. The van der Waals surface area contributed by atoms with Gasteiger partial charge in [-0.1, -0.05) is 12.1 Å². The number of nitrogens with one attached hydrogen (secondary N) is 3. The fourth-order valence-corrected chi connectivity index (χ4v) is 2.83. The molecule has 1 aliphatic carbocycles. The van der Waals surface area contributed by atoms with E-state index in [2.05, 4.69) is 38.8 Å². The van der Waals surface area contributed by atoms with Gasteiger partial charge in [0.25, 0.3) is 11.8 Å². The second-order valence-corrected chi connectivity index (χ2v) is 6.89. The van der Waals surface area contributed by atoms with Crippen molar-refractivity contribution in [1.29, 1.82) is 0 Å². The van der Waals surface area contributed by atoms with E-state index in [1.165, 1.54) is 0 Å². The van der Waals surface area contributed by atoms with Crippen molar-refractivity contribution in [1.82, 2.24) is 10.9 Å². The first kappa shape index (κ1) is 17.4. The van der Waals surface area contributed by atoms with E-state index in [1.54, 1.807) is 36.4 Å². The zero-order valence-electron chi connectivity index (χ0n) is 13.2. The van der Waals surface area contributed by atoms with Crippen molar-refractivity contribution in [3.63, 3.8) is 0 Å². The molecule has 25 heavy (non-hydrogen) atoms. The highest BCUT2D eigenvalue weighted by Gasteiger charge is 2.29. The van der Waals surface area contributed by atoms with E-state index in [1.807, 2.05) is 12.1 Å². The van der Waals surface area contributed by atoms with Crippen LogP contribution in [0.4, 0.5) is 5.69 Å². The molecule has 1 fully saturated rings. The third-order valence-electron chi connectivity index (χ3n) is 3.77. The van der Waals surface area contributed by atoms with Crippen molar-refractivity contribution < 1.29 is 14.4 Å². The zero-order chi connectivity index (χ0) is 17.8. The predicted molar refractivity (Wildman–Crippen MR) is 102 cm³/mol. The van der Waals surface area contributed by atoms with E-state index in [-0.39, 0.29) is 17.7 Å². The summed E-state index contributed by atoms with van der Waals surface area (Å²) in [7, 11) is 0. The molecule has 0 unspecified atom stereocenters. The third kappa shape index (κ3) is 4.56. The van der Waals surface area contributed by atoms with Crippen LogP contribution in [0.2, 0.25) is 0 Å². The summed E-state index contributed by atoms with van der Waals surface area (Å²) in [6.07, 6.45) is 1.87. The maximum atomic E-state index is 12.1. The van der Waals surface area contributed by atoms with Crippen molar-refractivity contribution >= 4 is 46.0 Å². The molecule has 6 nitrogen and oxygen atoms in total. The molecule has 0 bridgehead atoms. The van der Waals surface area contributed by atoms with E-state index >= 15 is 0 Å². The van der Waals surface area contributed by atoms with Gasteiger partial charge < -0.3 is 5.32 Å². The lowest BCUT2D eigenvalue weighted by Crippen LogP contribution is -2.41. The van der Waals surface area contributed by atoms with Gasteiger partial charge >= 0.3 is 0 Å². The summed E-state index contributed by atoms with van der Waals surface area (Å²) in [5.74, 6) is -0.674. The fourth-order valence-electron chi connectivity index (χ4n) is 2.19. The second-order valence-electron chi connectivity index (χ2n) is 5.73. The fraction of sp³-hybridized carbons (Fsp3) is 0.167. The van der Waals surface area contributed by atoms with Gasteiger partial charge in [-0.3, -0.25) is 25.2 Å². The largest absolute Gasteiger partial charge is 0.326 e. The molecule has 0 heterocycles. The van der Waals surface area contributed by atoms with Crippen LogP contribution in [0.1, 0.15) is 33.6 Å². The van der Waals surface area contributed by atoms with Gasteiger partial charge in [-0.15, -0.1) is 0 Å². The minimum atomic E-state index is -0.431. The Morgan fingerprint density at radius 1 is 0.880 bits per heavy atom. The van der Waals surface area contributed by atoms with Crippen molar-refractivity contribution in [2.24, 2.45) is 5.92 Å². The summed E-state index contributed by atoms with van der Waals surface area (Å²) in [6, 6.07) is 13.6. The van der Waals surface area contributed by atoms with Crippen LogP contribution < -0.4 is 16.2 Å². The molecule has 0 aliphatic heterocycles. The predicted octanol–water partition coefficient (Wildman–Crippen LogP) is 2.71. The number of rotatable bonds is 4. The Kier molecular flexibility index (Phi) is 5.32. The molecule has 3 amide bonds. The summed E-state index contributed by atoms with van der Waals surface area (Å²) >= 11 is 2.06. The number of amides is 3. The minimum Gasteiger partial charge on any atom is -0.326 e. The van der Waals surface area contributed by atoms with Crippen LogP contribution >= 0.6 is 22.6 Å². The molecule has 128 valence electrons. The van der Waals surface area contributed by atoms with Gasteiger partial charge in [-0.2, -0.15) is 0 Å². The van der Waals surface area contributed by atoms with E-state index in [0.29, 0.717) is 16.8 Å². The Hall–Kier alpha value is -2.42. The lowest BCUT2D eigenvalue weighted by molar-refractivity contribution is -0.117. The first-order valence-electron chi connectivity index (χ1n) is 7.81. The molecule has 0 radical (unpaired) electrons. The van der Waals surface area contributed by atoms with Crippen LogP contribution in [0.15, 0.2) is 48.5 Å². The van der Waals surface area contributed by atoms with Crippen LogP contribution in [0.25, 0.3) is 0 Å². The van der Waals surface area contributed by atoms with Crippen molar-refractivity contribution in [3.05, 3.63) is 63.2 Å². The highest BCUT2D eigenvalue weighted by atomic mass is 127. The summed E-state index contributed by atoms with van der Waals surface area (Å²) in [5, 5.41) is 2.81. The van der Waals surface area contributed by atoms with E-state index in [4.69, 9.17) is 0 Å². The van der Waals surface area contributed by atoms with Crippen molar-refractivity contribution in [2.75, 3.05) is 5.32 Å². The van der Waals surface area contributed by atoms with Gasteiger partial charge in [0.2, 0.25) is 5.91 Å². The number of halogens is 1. The zero-order valence-corrected chi connectivity index (χ0v) is 15.4. The smallest absolute Gasteiger partial charge is 0.270 e. The number of hydrogen-bond donors (Lipinski definition) is 3. The highest BCUT2D eigenvalue weighted by Crippen LogP contribution is 2.30. The molecule has 0 aromatic heterocycles. The summed E-state index contributed by atoms with van der Waals surface area (Å²) in [5.41, 5.74) is 6.30. The second kappa shape index (κ2) is 7.64. The Balaban J connectivity index is 1.55. The SMILES string of the molecule is O=C(NNC(=O)c1ccccc1I)c1ccc(NC(=O)C2CC2)cc1. The molecule has 2 aromatic carbocycles. The average Bonchev–Trinajstić information content (AvgIpc) is 3.45. The Morgan fingerprint density at radius 3 is 2.16 bits per heavy atom. The Labute approximate surface area is 158 Å². The maximum absolute atomic E-state index is 12.1. The van der Waals surface area contributed by atoms with Crippen LogP contribution in [-0.2, 0) is 4.79 Å². The molecule has 0 atom stereocenters. The number of carbonyl (C=O) groups excluding carboxylic acids is 3. The first-order valence-corrected chi connectivity index (χ1v) is 8.88.